The molecule has 1 aromatic carbocycles. The summed E-state index contributed by atoms with van der Waals surface area (Å²) in [5, 5.41) is 23.0. The molecule has 1 heterocycles. The first-order chi connectivity index (χ1) is 15.5. The molecule has 2 aromatic rings. The molecular weight excluding hydrogens is 450 g/mol. The normalized spacial score (nSPS) is 14.2. The topological polar surface area (TPSA) is 128 Å². The lowest BCUT2D eigenvalue weighted by Crippen LogP contribution is -2.47. The minimum absolute atomic E-state index is 0.0362. The van der Waals surface area contributed by atoms with Gasteiger partial charge in [0.1, 0.15) is 0 Å². The summed E-state index contributed by atoms with van der Waals surface area (Å²) in [6, 6.07) is 1.42. The lowest BCUT2D eigenvalue weighted by molar-refractivity contribution is -0.163. The number of anilines is 4. The first-order valence-electron chi connectivity index (χ1n) is 9.96. The number of alkyl halides is 2. The van der Waals surface area contributed by atoms with E-state index >= 15 is 0 Å². The molecular formula is C20H21F4N5O4. The zero-order chi connectivity index (χ0) is 24.3. The summed E-state index contributed by atoms with van der Waals surface area (Å²) in [6.07, 6.45) is 3.85. The minimum atomic E-state index is -4.06. The van der Waals surface area contributed by atoms with E-state index in [1.807, 2.05) is 0 Å². The highest BCUT2D eigenvalue weighted by Crippen LogP contribution is 2.35. The van der Waals surface area contributed by atoms with Gasteiger partial charge >= 0.3 is 17.9 Å². The van der Waals surface area contributed by atoms with Crippen LogP contribution in [0.3, 0.4) is 0 Å². The Labute approximate surface area is 185 Å². The van der Waals surface area contributed by atoms with Crippen molar-refractivity contribution < 1.29 is 37.4 Å². The van der Waals surface area contributed by atoms with Crippen LogP contribution in [0.1, 0.15) is 36.0 Å². The quantitative estimate of drug-likeness (QED) is 0.405. The van der Waals surface area contributed by atoms with E-state index in [1.165, 1.54) is 18.1 Å². The second-order valence-corrected chi connectivity index (χ2v) is 7.48. The molecule has 1 aliphatic rings. The summed E-state index contributed by atoms with van der Waals surface area (Å²) in [5.41, 5.74) is -1.11. The van der Waals surface area contributed by atoms with Gasteiger partial charge in [0, 0.05) is 13.1 Å². The molecule has 178 valence electrons. The number of benzene rings is 1. The fraction of sp³-hybridized carbons (Fsp3) is 0.400. The molecule has 1 saturated carbocycles. The van der Waals surface area contributed by atoms with Gasteiger partial charge in [0.15, 0.2) is 17.5 Å². The van der Waals surface area contributed by atoms with Crippen molar-refractivity contribution >= 4 is 35.1 Å². The number of rotatable bonds is 9. The summed E-state index contributed by atoms with van der Waals surface area (Å²) >= 11 is 0. The van der Waals surface area contributed by atoms with Crippen molar-refractivity contribution in [2.75, 3.05) is 29.1 Å². The number of carboxylic acids is 2. The number of hydrogen-bond acceptors (Lipinski definition) is 7. The maximum Gasteiger partial charge on any atom is 0.376 e. The number of nitrogens with one attached hydrogen (secondary N) is 2. The minimum Gasteiger partial charge on any atom is -0.478 e. The van der Waals surface area contributed by atoms with Crippen LogP contribution < -0.4 is 15.5 Å². The number of nitrogens with zero attached hydrogens (tertiary/aromatic N) is 3. The molecule has 33 heavy (non-hydrogen) atoms. The zero-order valence-corrected chi connectivity index (χ0v) is 17.4. The first-order valence-corrected chi connectivity index (χ1v) is 9.96. The standard InChI is InChI=1S/C20H21F4N5O4/c1-25-13-8-26-19(27-12-7-6-11(17(30)31)14(21)15(12)22)28-16(13)29(10-4-2-3-5-10)9-20(23,24)18(32)33/h6-8,10,25H,2-5,9H2,1H3,(H,30,31)(H,32,33)(H,26,27,28). The molecule has 3 rings (SSSR count). The second-order valence-electron chi connectivity index (χ2n) is 7.48. The van der Waals surface area contributed by atoms with Crippen LogP contribution in [0, 0.1) is 11.6 Å². The maximum absolute atomic E-state index is 14.3. The van der Waals surface area contributed by atoms with E-state index in [-0.39, 0.29) is 17.5 Å². The molecule has 0 amide bonds. The molecule has 1 aliphatic carbocycles. The van der Waals surface area contributed by atoms with Crippen molar-refractivity contribution in [1.29, 1.82) is 0 Å². The van der Waals surface area contributed by atoms with Crippen LogP contribution in [-0.4, -0.2) is 57.7 Å². The van der Waals surface area contributed by atoms with E-state index in [4.69, 9.17) is 10.2 Å². The largest absolute Gasteiger partial charge is 0.478 e. The van der Waals surface area contributed by atoms with E-state index in [2.05, 4.69) is 20.6 Å². The predicted octanol–water partition coefficient (Wildman–Crippen LogP) is 3.71. The Morgan fingerprint density at radius 2 is 1.82 bits per heavy atom. The molecule has 4 N–H and O–H groups in total. The van der Waals surface area contributed by atoms with Crippen LogP contribution in [0.25, 0.3) is 0 Å². The Morgan fingerprint density at radius 1 is 1.15 bits per heavy atom. The summed E-state index contributed by atoms with van der Waals surface area (Å²) < 4.78 is 56.7. The lowest BCUT2D eigenvalue weighted by Gasteiger charge is -2.33. The molecule has 1 aromatic heterocycles. The fourth-order valence-corrected chi connectivity index (χ4v) is 3.63. The third kappa shape index (κ3) is 5.07. The summed E-state index contributed by atoms with van der Waals surface area (Å²) in [6.45, 7) is -1.14. The van der Waals surface area contributed by atoms with Crippen LogP contribution in [-0.2, 0) is 4.79 Å². The second kappa shape index (κ2) is 9.46. The van der Waals surface area contributed by atoms with Gasteiger partial charge < -0.3 is 25.7 Å². The number of aromatic nitrogens is 2. The fourth-order valence-electron chi connectivity index (χ4n) is 3.63. The number of hydrogen-bond donors (Lipinski definition) is 4. The van der Waals surface area contributed by atoms with Crippen LogP contribution in [0.4, 0.5) is 40.7 Å². The van der Waals surface area contributed by atoms with Crippen LogP contribution >= 0.6 is 0 Å². The number of aliphatic carboxylic acids is 1. The van der Waals surface area contributed by atoms with Crippen molar-refractivity contribution in [2.24, 2.45) is 0 Å². The highest BCUT2D eigenvalue weighted by atomic mass is 19.3. The van der Waals surface area contributed by atoms with Gasteiger partial charge in [-0.1, -0.05) is 12.8 Å². The van der Waals surface area contributed by atoms with Gasteiger partial charge in [-0.05, 0) is 25.0 Å². The van der Waals surface area contributed by atoms with E-state index in [0.29, 0.717) is 12.8 Å². The molecule has 0 aliphatic heterocycles. The Hall–Kier alpha value is -3.64. The summed E-state index contributed by atoms with van der Waals surface area (Å²) in [7, 11) is 1.50. The Bertz CT molecular complexity index is 1060. The molecule has 0 spiro atoms. The number of carbonyl (C=O) groups is 2. The van der Waals surface area contributed by atoms with Gasteiger partial charge in [0.25, 0.3) is 0 Å². The number of aromatic carboxylic acids is 1. The lowest BCUT2D eigenvalue weighted by atomic mass is 10.1. The average Bonchev–Trinajstić information content (AvgIpc) is 3.29. The number of carboxylic acid groups (broad SMARTS) is 2. The smallest absolute Gasteiger partial charge is 0.376 e. The van der Waals surface area contributed by atoms with Crippen LogP contribution in [0.5, 0.6) is 0 Å². The monoisotopic (exact) mass is 471 g/mol. The molecule has 9 nitrogen and oxygen atoms in total. The first kappa shape index (κ1) is 24.0. The molecule has 13 heteroatoms. The van der Waals surface area contributed by atoms with Gasteiger partial charge in [-0.25, -0.2) is 23.4 Å². The maximum atomic E-state index is 14.3. The van der Waals surface area contributed by atoms with Crippen molar-refractivity contribution in [3.63, 3.8) is 0 Å². The SMILES string of the molecule is CNc1cnc(Nc2ccc(C(=O)O)c(F)c2F)nc1N(CC(F)(F)C(=O)O)C1CCCC1. The average molecular weight is 471 g/mol. The molecule has 0 unspecified atom stereocenters. The third-order valence-corrected chi connectivity index (χ3v) is 5.32. The molecule has 1 fully saturated rings. The Balaban J connectivity index is 2.00. The van der Waals surface area contributed by atoms with Crippen molar-refractivity contribution in [2.45, 2.75) is 37.6 Å². The van der Waals surface area contributed by atoms with Gasteiger partial charge in [-0.15, -0.1) is 0 Å². The Morgan fingerprint density at radius 3 is 2.39 bits per heavy atom. The van der Waals surface area contributed by atoms with Gasteiger partial charge in [0.05, 0.1) is 29.7 Å². The van der Waals surface area contributed by atoms with Crippen molar-refractivity contribution in [3.8, 4) is 0 Å². The van der Waals surface area contributed by atoms with E-state index in [9.17, 15) is 27.2 Å². The van der Waals surface area contributed by atoms with Crippen LogP contribution in [0.15, 0.2) is 18.3 Å². The predicted molar refractivity (Wildman–Crippen MR) is 110 cm³/mol. The van der Waals surface area contributed by atoms with E-state index in [1.54, 1.807) is 0 Å². The molecule has 0 saturated heterocycles. The highest BCUT2D eigenvalue weighted by Gasteiger charge is 2.43. The van der Waals surface area contributed by atoms with E-state index < -0.39 is 53.3 Å². The highest BCUT2D eigenvalue weighted by molar-refractivity contribution is 5.88. The zero-order valence-electron chi connectivity index (χ0n) is 17.4. The van der Waals surface area contributed by atoms with Crippen LogP contribution in [0.2, 0.25) is 0 Å². The summed E-state index contributed by atoms with van der Waals surface area (Å²) in [5.74, 6) is -11.4. The Kier molecular flexibility index (Phi) is 6.89. The number of halogens is 4. The molecule has 0 atom stereocenters. The van der Waals surface area contributed by atoms with Gasteiger partial charge in [-0.3, -0.25) is 0 Å². The molecule has 0 bridgehead atoms. The van der Waals surface area contributed by atoms with Gasteiger partial charge in [0.2, 0.25) is 5.95 Å². The third-order valence-electron chi connectivity index (χ3n) is 5.32. The van der Waals surface area contributed by atoms with Gasteiger partial charge in [-0.2, -0.15) is 13.8 Å². The van der Waals surface area contributed by atoms with Crippen molar-refractivity contribution in [1.82, 2.24) is 9.97 Å². The van der Waals surface area contributed by atoms with E-state index in [0.717, 1.165) is 25.0 Å². The van der Waals surface area contributed by atoms with Crippen molar-refractivity contribution in [3.05, 3.63) is 35.5 Å². The molecule has 0 radical (unpaired) electrons. The summed E-state index contributed by atoms with van der Waals surface area (Å²) in [4.78, 5) is 31.3.